The van der Waals surface area contributed by atoms with Crippen molar-refractivity contribution in [3.63, 3.8) is 0 Å². The van der Waals surface area contributed by atoms with Gasteiger partial charge in [-0.05, 0) is 36.4 Å². The largest absolute Gasteiger partial charge is 0.360 e. The van der Waals surface area contributed by atoms with Crippen LogP contribution in [0, 0.1) is 5.82 Å². The fourth-order valence-electron chi connectivity index (χ4n) is 4.99. The van der Waals surface area contributed by atoms with E-state index in [0.717, 1.165) is 18.5 Å². The molecule has 2 aliphatic heterocycles. The van der Waals surface area contributed by atoms with Gasteiger partial charge in [-0.25, -0.2) is 9.37 Å². The number of nitrogens with one attached hydrogen (secondary N) is 1. The molecule has 2 amide bonds. The average Bonchev–Trinajstić information content (AvgIpc) is 3.58. The maximum Gasteiger partial charge on any atom is 0.282 e. The molecular formula is C27H24FN5O3S. The van der Waals surface area contributed by atoms with Crippen molar-refractivity contribution in [2.75, 3.05) is 39.3 Å². The van der Waals surface area contributed by atoms with Crippen LogP contribution < -0.4 is 0 Å². The average molecular weight is 518 g/mol. The maximum atomic E-state index is 13.2. The van der Waals surface area contributed by atoms with Crippen LogP contribution in [0.1, 0.15) is 36.1 Å². The summed E-state index contributed by atoms with van der Waals surface area (Å²) in [5, 5.41) is 3.06. The van der Waals surface area contributed by atoms with Crippen LogP contribution in [-0.4, -0.2) is 87.6 Å². The maximum absolute atomic E-state index is 13.2. The summed E-state index contributed by atoms with van der Waals surface area (Å²) in [5.41, 5.74) is 2.15. The van der Waals surface area contributed by atoms with E-state index in [1.165, 1.54) is 35.6 Å². The molecule has 0 aliphatic carbocycles. The Kier molecular flexibility index (Phi) is 6.05. The first-order valence-corrected chi connectivity index (χ1v) is 13.0. The van der Waals surface area contributed by atoms with Crippen LogP contribution in [0.25, 0.3) is 10.9 Å². The van der Waals surface area contributed by atoms with Gasteiger partial charge >= 0.3 is 0 Å². The van der Waals surface area contributed by atoms with Gasteiger partial charge in [0.2, 0.25) is 0 Å². The number of ketones is 1. The number of halogens is 1. The minimum atomic E-state index is -0.393. The van der Waals surface area contributed by atoms with Crippen molar-refractivity contribution in [2.45, 2.75) is 6.04 Å². The second-order valence-electron chi connectivity index (χ2n) is 9.33. The quantitative estimate of drug-likeness (QED) is 0.411. The summed E-state index contributed by atoms with van der Waals surface area (Å²) in [6.07, 6.45) is 3.28. The van der Waals surface area contributed by atoms with E-state index in [1.54, 1.807) is 30.6 Å². The number of nitrogens with zero attached hydrogens (tertiary/aromatic N) is 4. The van der Waals surface area contributed by atoms with E-state index >= 15 is 0 Å². The van der Waals surface area contributed by atoms with Gasteiger partial charge in [-0.2, -0.15) is 0 Å². The molecule has 4 aromatic rings. The molecule has 2 aromatic carbocycles. The Morgan fingerprint density at radius 3 is 2.35 bits per heavy atom. The number of carbonyl (C=O) groups is 3. The molecule has 2 aliphatic rings. The van der Waals surface area contributed by atoms with Gasteiger partial charge in [0.1, 0.15) is 5.82 Å². The molecule has 0 radical (unpaired) electrons. The van der Waals surface area contributed by atoms with E-state index in [1.807, 2.05) is 15.2 Å². The molecule has 6 rings (SSSR count). The first kappa shape index (κ1) is 23.5. The Labute approximate surface area is 216 Å². The number of amides is 2. The molecule has 2 saturated heterocycles. The number of aromatic amines is 1. The Morgan fingerprint density at radius 1 is 0.919 bits per heavy atom. The van der Waals surface area contributed by atoms with Gasteiger partial charge in [-0.15, -0.1) is 11.3 Å². The summed E-state index contributed by atoms with van der Waals surface area (Å²) in [6, 6.07) is 11.1. The Balaban J connectivity index is 1.06. The summed E-state index contributed by atoms with van der Waals surface area (Å²) in [5.74, 6) is -0.653. The number of aromatic nitrogens is 2. The van der Waals surface area contributed by atoms with Crippen molar-refractivity contribution >= 4 is 39.8 Å². The third-order valence-electron chi connectivity index (χ3n) is 7.16. The molecule has 8 nitrogen and oxygen atoms in total. The molecule has 10 heteroatoms. The molecule has 0 unspecified atom stereocenters. The summed E-state index contributed by atoms with van der Waals surface area (Å²) in [6.45, 7) is 4.18. The predicted octanol–water partition coefficient (Wildman–Crippen LogP) is 3.28. The lowest BCUT2D eigenvalue weighted by atomic mass is 10.0. The molecule has 37 heavy (non-hydrogen) atoms. The molecule has 0 atom stereocenters. The Bertz CT molecular complexity index is 1470. The summed E-state index contributed by atoms with van der Waals surface area (Å²) >= 11 is 1.36. The highest BCUT2D eigenvalue weighted by atomic mass is 32.1. The fourth-order valence-corrected chi connectivity index (χ4v) is 5.60. The first-order chi connectivity index (χ1) is 18.0. The molecule has 2 aromatic heterocycles. The number of piperazine rings is 1. The van der Waals surface area contributed by atoms with Crippen LogP contribution in [0.2, 0.25) is 0 Å². The van der Waals surface area contributed by atoms with Crippen LogP contribution in [0.5, 0.6) is 0 Å². The number of rotatable bonds is 5. The van der Waals surface area contributed by atoms with Crippen LogP contribution in [0.3, 0.4) is 0 Å². The summed E-state index contributed by atoms with van der Waals surface area (Å²) < 4.78 is 13.2. The normalized spacial score (nSPS) is 16.7. The molecular weight excluding hydrogens is 493 g/mol. The summed E-state index contributed by atoms with van der Waals surface area (Å²) in [4.78, 5) is 51.7. The van der Waals surface area contributed by atoms with Crippen LogP contribution >= 0.6 is 11.3 Å². The number of likely N-dealkylation sites (tertiary alicyclic amines) is 1. The zero-order valence-electron chi connectivity index (χ0n) is 19.9. The number of thiazole rings is 1. The van der Waals surface area contributed by atoms with Crippen LogP contribution in [0.15, 0.2) is 60.2 Å². The molecule has 188 valence electrons. The van der Waals surface area contributed by atoms with Gasteiger partial charge < -0.3 is 14.8 Å². The van der Waals surface area contributed by atoms with Gasteiger partial charge in [0.15, 0.2) is 10.8 Å². The van der Waals surface area contributed by atoms with Crippen molar-refractivity contribution < 1.29 is 18.8 Å². The van der Waals surface area contributed by atoms with Crippen LogP contribution in [0.4, 0.5) is 4.39 Å². The van der Waals surface area contributed by atoms with E-state index in [-0.39, 0.29) is 23.6 Å². The predicted molar refractivity (Wildman–Crippen MR) is 137 cm³/mol. The first-order valence-electron chi connectivity index (χ1n) is 12.1. The third-order valence-corrected chi connectivity index (χ3v) is 7.92. The van der Waals surface area contributed by atoms with E-state index in [9.17, 15) is 18.8 Å². The van der Waals surface area contributed by atoms with Crippen molar-refractivity contribution in [1.82, 2.24) is 24.7 Å². The highest BCUT2D eigenvalue weighted by Crippen LogP contribution is 2.25. The van der Waals surface area contributed by atoms with Gasteiger partial charge in [0.05, 0.1) is 0 Å². The van der Waals surface area contributed by atoms with E-state index in [2.05, 4.69) is 14.9 Å². The van der Waals surface area contributed by atoms with Crippen molar-refractivity contribution in [2.24, 2.45) is 0 Å². The summed E-state index contributed by atoms with van der Waals surface area (Å²) in [7, 11) is 0. The molecule has 0 bridgehead atoms. The third kappa shape index (κ3) is 4.42. The number of H-pyrrole nitrogens is 1. The lowest BCUT2D eigenvalue weighted by Gasteiger charge is -2.48. The number of carbonyl (C=O) groups excluding carboxylic acids is 3. The van der Waals surface area contributed by atoms with Crippen molar-refractivity contribution in [1.29, 1.82) is 0 Å². The Hall–Kier alpha value is -3.89. The fraction of sp³-hybridized carbons (Fsp3) is 0.259. The molecule has 0 saturated carbocycles. The molecule has 1 N–H and O–H groups in total. The Morgan fingerprint density at radius 2 is 1.65 bits per heavy atom. The number of fused-ring (bicyclic) bond motifs is 1. The zero-order chi connectivity index (χ0) is 25.5. The van der Waals surface area contributed by atoms with E-state index in [4.69, 9.17) is 0 Å². The standard InChI is InChI=1S/C27H24FN5O3S/c28-19-4-1-17(2-5-19)24(34)22-14-30-23-13-18(3-6-21(22)23)26(35)33-15-20(16-33)31-8-10-32(11-9-31)27(36)25-29-7-12-37-25/h1-7,12-14,20,30H,8-11,15-16H2. The number of benzene rings is 2. The lowest BCUT2D eigenvalue weighted by molar-refractivity contribution is 0.00853. The second-order valence-corrected chi connectivity index (χ2v) is 10.2. The van der Waals surface area contributed by atoms with Gasteiger partial charge in [-0.3, -0.25) is 19.3 Å². The monoisotopic (exact) mass is 517 g/mol. The smallest absolute Gasteiger partial charge is 0.282 e. The zero-order valence-corrected chi connectivity index (χ0v) is 20.7. The number of hydrogen-bond acceptors (Lipinski definition) is 6. The van der Waals surface area contributed by atoms with Crippen molar-refractivity contribution in [3.05, 3.63) is 87.8 Å². The van der Waals surface area contributed by atoms with Crippen molar-refractivity contribution in [3.8, 4) is 0 Å². The molecule has 2 fully saturated rings. The van der Waals surface area contributed by atoms with Gasteiger partial charge in [-0.1, -0.05) is 6.07 Å². The van der Waals surface area contributed by atoms with E-state index < -0.39 is 5.82 Å². The number of hydrogen-bond donors (Lipinski definition) is 1. The minimum absolute atomic E-state index is 0.0118. The SMILES string of the molecule is O=C(c1ccc(F)cc1)c1c[nH]c2cc(C(=O)N3CC(N4CCN(C(=O)c5nccs5)CC4)C3)ccc12. The lowest BCUT2D eigenvalue weighted by Crippen LogP contribution is -2.64. The van der Waals surface area contributed by atoms with Gasteiger partial charge in [0, 0.05) is 90.7 Å². The van der Waals surface area contributed by atoms with Gasteiger partial charge in [0.25, 0.3) is 11.8 Å². The molecule has 4 heterocycles. The highest BCUT2D eigenvalue weighted by molar-refractivity contribution is 7.11. The second kappa shape index (κ2) is 9.53. The van der Waals surface area contributed by atoms with E-state index in [0.29, 0.717) is 53.4 Å². The molecule has 0 spiro atoms. The van der Waals surface area contributed by atoms with Crippen LogP contribution in [-0.2, 0) is 0 Å². The highest BCUT2D eigenvalue weighted by Gasteiger charge is 2.37. The minimum Gasteiger partial charge on any atom is -0.360 e. The topological polar surface area (TPSA) is 89.6 Å².